The Kier molecular flexibility index (Phi) is 7.90. The molecule has 4 nitrogen and oxygen atoms in total. The molecular formula is C9H15O4Sb. The summed E-state index contributed by atoms with van der Waals surface area (Å²) in [6, 6.07) is 0. The Labute approximate surface area is 89.9 Å². The fourth-order valence-corrected chi connectivity index (χ4v) is 3.65. The van der Waals surface area contributed by atoms with Gasteiger partial charge in [0.2, 0.25) is 0 Å². The molecule has 0 aliphatic heterocycles. The molecule has 0 bridgehead atoms. The molecule has 0 aromatic heterocycles. The molecule has 80 valence electrons. The first kappa shape index (κ1) is 13.7. The van der Waals surface area contributed by atoms with E-state index in [9.17, 15) is 3.02 Å². The van der Waals surface area contributed by atoms with E-state index in [4.69, 9.17) is 9.05 Å². The van der Waals surface area contributed by atoms with Crippen LogP contribution in [0.1, 0.15) is 0 Å². The van der Waals surface area contributed by atoms with Crippen molar-refractivity contribution in [3.8, 4) is 0 Å². The first-order valence-corrected chi connectivity index (χ1v) is 8.21. The molecule has 0 amide bonds. The van der Waals surface area contributed by atoms with Crippen LogP contribution in [0.5, 0.6) is 0 Å². The van der Waals surface area contributed by atoms with Gasteiger partial charge < -0.3 is 0 Å². The van der Waals surface area contributed by atoms with Crippen LogP contribution in [0.4, 0.5) is 0 Å². The van der Waals surface area contributed by atoms with E-state index in [2.05, 4.69) is 19.7 Å². The van der Waals surface area contributed by atoms with Gasteiger partial charge >= 0.3 is 89.9 Å². The zero-order chi connectivity index (χ0) is 10.9. The average Bonchev–Trinajstić information content (AvgIpc) is 2.21. The molecule has 14 heavy (non-hydrogen) atoms. The maximum atomic E-state index is 11.8. The van der Waals surface area contributed by atoms with E-state index in [0.29, 0.717) is 0 Å². The van der Waals surface area contributed by atoms with Gasteiger partial charge in [0.05, 0.1) is 0 Å². The molecule has 0 saturated heterocycles. The Balaban J connectivity index is 4.15. The van der Waals surface area contributed by atoms with Crippen LogP contribution in [0, 0.1) is 0 Å². The summed E-state index contributed by atoms with van der Waals surface area (Å²) in [5.41, 5.74) is 0. The summed E-state index contributed by atoms with van der Waals surface area (Å²) in [5, 5.41) is 0. The van der Waals surface area contributed by atoms with Gasteiger partial charge in [-0.3, -0.25) is 0 Å². The summed E-state index contributed by atoms with van der Waals surface area (Å²) < 4.78 is 26.7. The number of hydrogen-bond donors (Lipinski definition) is 0. The molecule has 0 spiro atoms. The van der Waals surface area contributed by atoms with Crippen molar-refractivity contribution >= 4 is 20.1 Å². The minimum atomic E-state index is -4.42. The molecule has 0 unspecified atom stereocenters. The molecule has 0 heterocycles. The quantitative estimate of drug-likeness (QED) is 0.478. The first-order valence-electron chi connectivity index (χ1n) is 4.05. The monoisotopic (exact) mass is 308 g/mol. The summed E-state index contributed by atoms with van der Waals surface area (Å²) in [6.45, 7) is 10.7. The fourth-order valence-electron chi connectivity index (χ4n) is 0.544. The predicted octanol–water partition coefficient (Wildman–Crippen LogP) is 1.46. The predicted molar refractivity (Wildman–Crippen MR) is 54.9 cm³/mol. The zero-order valence-electron chi connectivity index (χ0n) is 8.05. The van der Waals surface area contributed by atoms with Gasteiger partial charge in [-0.2, -0.15) is 0 Å². The van der Waals surface area contributed by atoms with Crippen LogP contribution in [0.25, 0.3) is 0 Å². The van der Waals surface area contributed by atoms with Crippen LogP contribution in [0.3, 0.4) is 0 Å². The van der Waals surface area contributed by atoms with Crippen molar-refractivity contribution < 1.29 is 12.1 Å². The van der Waals surface area contributed by atoms with Crippen molar-refractivity contribution in [1.82, 2.24) is 0 Å². The third-order valence-electron chi connectivity index (χ3n) is 1.05. The summed E-state index contributed by atoms with van der Waals surface area (Å²) in [5.74, 6) is 0. The summed E-state index contributed by atoms with van der Waals surface area (Å²) in [6.07, 6.45) is 4.45. The van der Waals surface area contributed by atoms with E-state index in [1.807, 2.05) is 0 Å². The topological polar surface area (TPSA) is 44.8 Å². The second-order valence-electron chi connectivity index (χ2n) is 2.20. The van der Waals surface area contributed by atoms with Gasteiger partial charge in [-0.25, -0.2) is 0 Å². The van der Waals surface area contributed by atoms with Crippen molar-refractivity contribution in [2.24, 2.45) is 0 Å². The van der Waals surface area contributed by atoms with Crippen LogP contribution in [0.2, 0.25) is 0 Å². The Bertz CT molecular complexity index is 199. The normalized spacial score (nSPS) is 10.9. The van der Waals surface area contributed by atoms with Crippen LogP contribution in [0.15, 0.2) is 38.0 Å². The fraction of sp³-hybridized carbons (Fsp3) is 0.333. The van der Waals surface area contributed by atoms with Gasteiger partial charge in [-0.1, -0.05) is 0 Å². The molecule has 0 fully saturated rings. The summed E-state index contributed by atoms with van der Waals surface area (Å²) in [4.78, 5) is 0. The van der Waals surface area contributed by atoms with E-state index < -0.39 is 20.1 Å². The van der Waals surface area contributed by atoms with E-state index in [1.165, 1.54) is 18.2 Å². The van der Waals surface area contributed by atoms with E-state index in [0.717, 1.165) is 0 Å². The molecule has 0 aromatic rings. The van der Waals surface area contributed by atoms with Crippen molar-refractivity contribution in [3.05, 3.63) is 38.0 Å². The third kappa shape index (κ3) is 6.21. The van der Waals surface area contributed by atoms with Crippen LogP contribution in [-0.4, -0.2) is 39.9 Å². The molecule has 5 heteroatoms. The molecule has 0 N–H and O–H groups in total. The molecule has 0 aromatic carbocycles. The van der Waals surface area contributed by atoms with Gasteiger partial charge in [-0.05, 0) is 0 Å². The second-order valence-corrected chi connectivity index (χ2v) is 6.96. The molecule has 0 radical (unpaired) electrons. The Morgan fingerprint density at radius 1 is 0.857 bits per heavy atom. The van der Waals surface area contributed by atoms with Gasteiger partial charge in [0.25, 0.3) is 0 Å². The van der Waals surface area contributed by atoms with E-state index in [1.54, 1.807) is 0 Å². The molecule has 0 aliphatic carbocycles. The summed E-state index contributed by atoms with van der Waals surface area (Å²) >= 11 is -4.42. The second kappa shape index (κ2) is 8.06. The first-order chi connectivity index (χ1) is 6.68. The minimum absolute atomic E-state index is 0.142. The van der Waals surface area contributed by atoms with Gasteiger partial charge in [0.1, 0.15) is 0 Å². The summed E-state index contributed by atoms with van der Waals surface area (Å²) in [7, 11) is 0. The molecule has 0 atom stereocenters. The Morgan fingerprint density at radius 2 is 1.14 bits per heavy atom. The zero-order valence-corrected chi connectivity index (χ0v) is 10.6. The van der Waals surface area contributed by atoms with Crippen LogP contribution < -0.4 is 0 Å². The average molecular weight is 309 g/mol. The molecule has 0 aliphatic rings. The molecule has 0 rings (SSSR count). The van der Waals surface area contributed by atoms with Crippen LogP contribution in [-0.2, 0) is 12.1 Å². The number of rotatable bonds is 9. The van der Waals surface area contributed by atoms with Crippen molar-refractivity contribution in [2.75, 3.05) is 19.8 Å². The van der Waals surface area contributed by atoms with Gasteiger partial charge in [0.15, 0.2) is 0 Å². The standard InChI is InChI=1S/3C3H5O.O.Sb/c3*1-2-3-4;;/h3*2H,1,3H2;;/q3*-1;;+3. The Morgan fingerprint density at radius 3 is 1.36 bits per heavy atom. The SMILES string of the molecule is C=CC[O][Sb](=[O])([O]CC=C)[O]CC=C. The maximum absolute atomic E-state index is 11.8. The van der Waals surface area contributed by atoms with Gasteiger partial charge in [-0.15, -0.1) is 0 Å². The van der Waals surface area contributed by atoms with Gasteiger partial charge in [0, 0.05) is 0 Å². The number of hydrogen-bond acceptors (Lipinski definition) is 4. The van der Waals surface area contributed by atoms with E-state index in [-0.39, 0.29) is 19.8 Å². The third-order valence-corrected chi connectivity index (χ3v) is 5.04. The van der Waals surface area contributed by atoms with Crippen molar-refractivity contribution in [3.63, 3.8) is 0 Å². The molecule has 0 saturated carbocycles. The van der Waals surface area contributed by atoms with Crippen molar-refractivity contribution in [1.29, 1.82) is 0 Å². The molecular weight excluding hydrogens is 294 g/mol. The van der Waals surface area contributed by atoms with E-state index >= 15 is 0 Å². The van der Waals surface area contributed by atoms with Crippen molar-refractivity contribution in [2.45, 2.75) is 0 Å². The van der Waals surface area contributed by atoms with Crippen LogP contribution >= 0.6 is 0 Å². The Hall–Kier alpha value is -0.282.